The van der Waals surface area contributed by atoms with E-state index < -0.39 is 11.6 Å². The molecule has 1 aliphatic rings. The Morgan fingerprint density at radius 1 is 1.19 bits per heavy atom. The van der Waals surface area contributed by atoms with Gasteiger partial charge in [0, 0.05) is 32.7 Å². The normalized spacial score (nSPS) is 16.0. The van der Waals surface area contributed by atoms with Crippen LogP contribution in [0.5, 0.6) is 17.2 Å². The number of nitrogens with one attached hydrogen (secondary N) is 2. The summed E-state index contributed by atoms with van der Waals surface area (Å²) in [7, 11) is 4.59. The van der Waals surface area contributed by atoms with Crippen LogP contribution in [0.3, 0.4) is 0 Å². The Kier molecular flexibility index (Phi) is 8.96. The zero-order chi connectivity index (χ0) is 21.7. The molecule has 1 unspecified atom stereocenters. The van der Waals surface area contributed by atoms with E-state index in [1.807, 2.05) is 0 Å². The van der Waals surface area contributed by atoms with Gasteiger partial charge in [-0.1, -0.05) is 6.07 Å². The number of nitrogens with zero attached hydrogens (tertiary/aromatic N) is 2. The van der Waals surface area contributed by atoms with Crippen LogP contribution in [0.25, 0.3) is 0 Å². The highest BCUT2D eigenvalue weighted by Gasteiger charge is 2.27. The second-order valence-corrected chi connectivity index (χ2v) is 6.92. The third-order valence-corrected chi connectivity index (χ3v) is 5.01. The number of halogens is 3. The summed E-state index contributed by atoms with van der Waals surface area (Å²) in [6, 6.07) is 7.28. The van der Waals surface area contributed by atoms with Crippen molar-refractivity contribution in [2.45, 2.75) is 19.0 Å². The molecule has 3 N–H and O–H groups in total. The highest BCUT2D eigenvalue weighted by atomic mass is 127. The summed E-state index contributed by atoms with van der Waals surface area (Å²) in [4.78, 5) is 5.92. The molecule has 1 heterocycles. The van der Waals surface area contributed by atoms with Crippen molar-refractivity contribution in [2.24, 2.45) is 4.99 Å². The molecular formula is C21H27F2IN4O3. The van der Waals surface area contributed by atoms with Gasteiger partial charge in [0.25, 0.3) is 0 Å². The molecule has 7 nitrogen and oxygen atoms in total. The maximum absolute atomic E-state index is 14.0. The maximum Gasteiger partial charge on any atom is 0.200 e. The van der Waals surface area contributed by atoms with E-state index in [1.165, 1.54) is 32.4 Å². The summed E-state index contributed by atoms with van der Waals surface area (Å²) in [5.41, 5.74) is 0.832. The lowest BCUT2D eigenvalue weighted by atomic mass is 10.2. The van der Waals surface area contributed by atoms with Gasteiger partial charge in [0.2, 0.25) is 5.75 Å². The minimum Gasteiger partial charge on any atom is -0.502 e. The van der Waals surface area contributed by atoms with E-state index in [2.05, 4.69) is 15.6 Å². The lowest BCUT2D eigenvalue weighted by Crippen LogP contribution is -2.44. The molecule has 0 amide bonds. The van der Waals surface area contributed by atoms with Gasteiger partial charge in [-0.3, -0.25) is 4.99 Å². The topological polar surface area (TPSA) is 78.4 Å². The summed E-state index contributed by atoms with van der Waals surface area (Å²) in [5.74, 6) is 0.00111. The molecule has 0 radical (unpaired) electrons. The number of phenols is 1. The maximum atomic E-state index is 14.0. The average molecular weight is 548 g/mol. The Bertz CT molecular complexity index is 884. The number of aliphatic imine (C=N–C) groups is 1. The molecule has 0 saturated carbocycles. The van der Waals surface area contributed by atoms with E-state index in [4.69, 9.17) is 9.47 Å². The second-order valence-electron chi connectivity index (χ2n) is 6.92. The third kappa shape index (κ3) is 5.81. The molecule has 0 spiro atoms. The molecule has 3 rings (SSSR count). The number of anilines is 1. The molecule has 2 aromatic rings. The van der Waals surface area contributed by atoms with Crippen molar-refractivity contribution in [3.63, 3.8) is 0 Å². The van der Waals surface area contributed by atoms with Crippen LogP contribution in [-0.4, -0.2) is 51.5 Å². The van der Waals surface area contributed by atoms with Gasteiger partial charge >= 0.3 is 0 Å². The van der Waals surface area contributed by atoms with Gasteiger partial charge in [0.1, 0.15) is 17.3 Å². The number of methoxy groups -OCH3 is 2. The number of aromatic hydroxyl groups is 1. The number of hydrogen-bond donors (Lipinski definition) is 3. The fourth-order valence-corrected chi connectivity index (χ4v) is 3.50. The van der Waals surface area contributed by atoms with Crippen molar-refractivity contribution in [3.8, 4) is 17.2 Å². The monoisotopic (exact) mass is 548 g/mol. The Balaban J connectivity index is 0.00000341. The summed E-state index contributed by atoms with van der Waals surface area (Å²) in [6.07, 6.45) is 0.718. The summed E-state index contributed by atoms with van der Waals surface area (Å²) < 4.78 is 38.4. The fraction of sp³-hybridized carbons (Fsp3) is 0.381. The summed E-state index contributed by atoms with van der Waals surface area (Å²) >= 11 is 0. The van der Waals surface area contributed by atoms with Crippen molar-refractivity contribution >= 4 is 35.6 Å². The molecule has 10 heteroatoms. The SMILES string of the molecule is CN=C(NCc1cc(OC)c(O)c(OC)c1)NC1CCN(c2c(F)cccc2F)C1.I. The first-order valence-electron chi connectivity index (χ1n) is 9.56. The second kappa shape index (κ2) is 11.2. The molecule has 1 atom stereocenters. The number of hydrogen-bond acceptors (Lipinski definition) is 5. The van der Waals surface area contributed by atoms with Gasteiger partial charge in [-0.2, -0.15) is 0 Å². The number of para-hydroxylation sites is 1. The van der Waals surface area contributed by atoms with Crippen molar-refractivity contribution in [3.05, 3.63) is 47.5 Å². The minimum absolute atomic E-state index is 0. The quantitative estimate of drug-likeness (QED) is 0.293. The molecule has 0 bridgehead atoms. The highest BCUT2D eigenvalue weighted by Crippen LogP contribution is 2.37. The average Bonchev–Trinajstić information content (AvgIpc) is 3.19. The Morgan fingerprint density at radius 3 is 2.35 bits per heavy atom. The zero-order valence-corrected chi connectivity index (χ0v) is 19.9. The molecule has 0 aromatic heterocycles. The van der Waals surface area contributed by atoms with Gasteiger partial charge in [-0.05, 0) is 36.2 Å². The highest BCUT2D eigenvalue weighted by molar-refractivity contribution is 14.0. The Morgan fingerprint density at radius 2 is 1.81 bits per heavy atom. The van der Waals surface area contributed by atoms with E-state index in [1.54, 1.807) is 24.1 Å². The third-order valence-electron chi connectivity index (χ3n) is 5.01. The van der Waals surface area contributed by atoms with Crippen LogP contribution in [0.1, 0.15) is 12.0 Å². The van der Waals surface area contributed by atoms with Gasteiger partial charge < -0.3 is 30.1 Å². The molecule has 2 aromatic carbocycles. The van der Waals surface area contributed by atoms with Crippen LogP contribution < -0.4 is 25.0 Å². The van der Waals surface area contributed by atoms with E-state index in [9.17, 15) is 13.9 Å². The number of phenolic OH excluding ortho intramolecular Hbond substituents is 1. The van der Waals surface area contributed by atoms with E-state index >= 15 is 0 Å². The molecule has 1 fully saturated rings. The molecule has 170 valence electrons. The van der Waals surface area contributed by atoms with E-state index in [0.29, 0.717) is 37.1 Å². The number of rotatable bonds is 6. The number of guanidine groups is 1. The Labute approximate surface area is 197 Å². The molecular weight excluding hydrogens is 521 g/mol. The van der Waals surface area contributed by atoms with E-state index in [0.717, 1.165) is 12.0 Å². The Hall–Kier alpha value is -2.50. The van der Waals surface area contributed by atoms with Crippen molar-refractivity contribution in [1.82, 2.24) is 10.6 Å². The van der Waals surface area contributed by atoms with Crippen LogP contribution in [0.2, 0.25) is 0 Å². The van der Waals surface area contributed by atoms with Gasteiger partial charge in [-0.25, -0.2) is 8.78 Å². The summed E-state index contributed by atoms with van der Waals surface area (Å²) in [5, 5.41) is 16.5. The van der Waals surface area contributed by atoms with E-state index in [-0.39, 0.29) is 41.5 Å². The van der Waals surface area contributed by atoms with Gasteiger partial charge in [-0.15, -0.1) is 24.0 Å². The zero-order valence-electron chi connectivity index (χ0n) is 17.6. The van der Waals surface area contributed by atoms with Gasteiger partial charge in [0.05, 0.1) is 14.2 Å². The number of benzene rings is 2. The molecule has 1 saturated heterocycles. The smallest absolute Gasteiger partial charge is 0.200 e. The van der Waals surface area contributed by atoms with Gasteiger partial charge in [0.15, 0.2) is 17.5 Å². The molecule has 1 aliphatic heterocycles. The first-order chi connectivity index (χ1) is 14.5. The largest absolute Gasteiger partial charge is 0.502 e. The van der Waals surface area contributed by atoms with Crippen LogP contribution >= 0.6 is 24.0 Å². The predicted molar refractivity (Wildman–Crippen MR) is 127 cm³/mol. The van der Waals surface area contributed by atoms with Crippen molar-refractivity contribution in [1.29, 1.82) is 0 Å². The molecule has 31 heavy (non-hydrogen) atoms. The minimum atomic E-state index is -0.562. The standard InChI is InChI=1S/C21H26F2N4O3.HI/c1-24-21(25-11-13-9-17(29-2)20(28)18(10-13)30-3)26-14-7-8-27(12-14)19-15(22)5-4-6-16(19)23;/h4-6,9-10,14,28H,7-8,11-12H2,1-3H3,(H2,24,25,26);1H. The lowest BCUT2D eigenvalue weighted by Gasteiger charge is -2.21. The van der Waals surface area contributed by atoms with Crippen molar-refractivity contribution in [2.75, 3.05) is 39.3 Å². The first-order valence-corrected chi connectivity index (χ1v) is 9.56. The van der Waals surface area contributed by atoms with Crippen LogP contribution in [0, 0.1) is 11.6 Å². The fourth-order valence-electron chi connectivity index (χ4n) is 3.50. The summed E-state index contributed by atoms with van der Waals surface area (Å²) in [6.45, 7) is 1.41. The predicted octanol–water partition coefficient (Wildman–Crippen LogP) is 3.25. The van der Waals surface area contributed by atoms with Crippen LogP contribution in [0.4, 0.5) is 14.5 Å². The molecule has 0 aliphatic carbocycles. The van der Waals surface area contributed by atoms with Crippen LogP contribution in [-0.2, 0) is 6.54 Å². The van der Waals surface area contributed by atoms with Crippen LogP contribution in [0.15, 0.2) is 35.3 Å². The lowest BCUT2D eigenvalue weighted by molar-refractivity contribution is 0.339. The first kappa shape index (κ1) is 24.8. The number of ether oxygens (including phenoxy) is 2. The van der Waals surface area contributed by atoms with Crippen molar-refractivity contribution < 1.29 is 23.4 Å².